The molecule has 2 aromatic rings. The summed E-state index contributed by atoms with van der Waals surface area (Å²) in [6, 6.07) is 5.84. The molecule has 0 saturated carbocycles. The lowest BCUT2D eigenvalue weighted by molar-refractivity contribution is -0.122. The Balaban J connectivity index is 1.32. The van der Waals surface area contributed by atoms with Crippen LogP contribution in [-0.4, -0.2) is 85.3 Å². The zero-order valence-corrected chi connectivity index (χ0v) is 17.3. The van der Waals surface area contributed by atoms with Gasteiger partial charge in [-0.15, -0.1) is 0 Å². The molecule has 0 unspecified atom stereocenters. The second-order valence-electron chi connectivity index (χ2n) is 7.21. The van der Waals surface area contributed by atoms with Crippen LogP contribution in [0, 0.1) is 0 Å². The molecule has 0 bridgehead atoms. The van der Waals surface area contributed by atoms with Gasteiger partial charge in [0.1, 0.15) is 0 Å². The Kier molecular flexibility index (Phi) is 7.89. The highest BCUT2D eigenvalue weighted by molar-refractivity contribution is 5.78. The maximum absolute atomic E-state index is 12.3. The van der Waals surface area contributed by atoms with Gasteiger partial charge in [0.2, 0.25) is 5.91 Å². The maximum Gasteiger partial charge on any atom is 0.234 e. The molecule has 0 radical (unpaired) electrons. The van der Waals surface area contributed by atoms with E-state index < -0.39 is 0 Å². The average molecular weight is 402 g/mol. The number of hydrogen-bond acceptors (Lipinski definition) is 6. The molecule has 0 aliphatic carbocycles. The first kappa shape index (κ1) is 21.1. The topological polar surface area (TPSA) is 71.9 Å². The fourth-order valence-corrected chi connectivity index (χ4v) is 3.49. The maximum atomic E-state index is 12.3. The number of imidazole rings is 1. The van der Waals surface area contributed by atoms with Crippen molar-refractivity contribution >= 4 is 5.91 Å². The number of hydrogen-bond donors (Lipinski definition) is 1. The summed E-state index contributed by atoms with van der Waals surface area (Å²) in [7, 11) is 3.25. The Morgan fingerprint density at radius 1 is 1.07 bits per heavy atom. The monoisotopic (exact) mass is 401 g/mol. The molecule has 29 heavy (non-hydrogen) atoms. The van der Waals surface area contributed by atoms with E-state index in [0.29, 0.717) is 24.6 Å². The van der Waals surface area contributed by atoms with Crippen LogP contribution < -0.4 is 14.8 Å². The van der Waals surface area contributed by atoms with E-state index >= 15 is 0 Å². The van der Waals surface area contributed by atoms with E-state index in [4.69, 9.17) is 9.47 Å². The van der Waals surface area contributed by atoms with Gasteiger partial charge in [0.25, 0.3) is 0 Å². The number of piperazine rings is 1. The van der Waals surface area contributed by atoms with Gasteiger partial charge in [-0.05, 0) is 24.1 Å². The molecule has 1 saturated heterocycles. The van der Waals surface area contributed by atoms with Crippen LogP contribution >= 0.6 is 0 Å². The normalized spacial score (nSPS) is 15.2. The van der Waals surface area contributed by atoms with Crippen molar-refractivity contribution in [2.45, 2.75) is 13.0 Å². The number of amides is 1. The van der Waals surface area contributed by atoms with Crippen molar-refractivity contribution in [3.05, 3.63) is 42.5 Å². The lowest BCUT2D eigenvalue weighted by Gasteiger charge is -2.34. The molecule has 1 N–H and O–H groups in total. The minimum atomic E-state index is 0.0809. The van der Waals surface area contributed by atoms with Crippen LogP contribution in [0.4, 0.5) is 0 Å². The standard InChI is InChI=1S/C21H31N5O3/c1-28-19-4-3-18(15-20(19)29-2)5-6-23-21(27)16-25-12-9-24(10-13-25)11-14-26-8-7-22-17-26/h3-4,7-8,15,17H,5-6,9-14,16H2,1-2H3,(H,23,27). The molecule has 158 valence electrons. The van der Waals surface area contributed by atoms with Crippen LogP contribution in [-0.2, 0) is 17.8 Å². The molecular weight excluding hydrogens is 370 g/mol. The number of benzene rings is 1. The summed E-state index contributed by atoms with van der Waals surface area (Å²) in [6.45, 7) is 6.88. The second-order valence-corrected chi connectivity index (χ2v) is 7.21. The van der Waals surface area contributed by atoms with Crippen molar-refractivity contribution in [3.8, 4) is 11.5 Å². The first-order chi connectivity index (χ1) is 14.2. The summed E-state index contributed by atoms with van der Waals surface area (Å²) in [5.74, 6) is 1.50. The number of nitrogens with zero attached hydrogens (tertiary/aromatic N) is 4. The molecule has 1 amide bonds. The second kappa shape index (κ2) is 10.8. The zero-order chi connectivity index (χ0) is 20.5. The van der Waals surface area contributed by atoms with Crippen molar-refractivity contribution in [2.24, 2.45) is 0 Å². The zero-order valence-electron chi connectivity index (χ0n) is 17.3. The van der Waals surface area contributed by atoms with Gasteiger partial charge in [-0.2, -0.15) is 0 Å². The first-order valence-electron chi connectivity index (χ1n) is 10.1. The summed E-state index contributed by atoms with van der Waals surface area (Å²) < 4.78 is 12.7. The molecule has 8 nitrogen and oxygen atoms in total. The molecule has 3 rings (SSSR count). The number of ether oxygens (including phenoxy) is 2. The van der Waals surface area contributed by atoms with E-state index in [9.17, 15) is 4.79 Å². The molecule has 2 heterocycles. The molecule has 0 spiro atoms. The van der Waals surface area contributed by atoms with Gasteiger partial charge in [-0.3, -0.25) is 14.6 Å². The summed E-state index contributed by atoms with van der Waals surface area (Å²) in [6.07, 6.45) is 6.40. The predicted octanol–water partition coefficient (Wildman–Crippen LogP) is 0.877. The number of nitrogens with one attached hydrogen (secondary N) is 1. The van der Waals surface area contributed by atoms with E-state index in [1.54, 1.807) is 14.2 Å². The number of rotatable bonds is 10. The molecule has 8 heteroatoms. The van der Waals surface area contributed by atoms with E-state index in [0.717, 1.165) is 51.3 Å². The fraction of sp³-hybridized carbons (Fsp3) is 0.524. The first-order valence-corrected chi connectivity index (χ1v) is 10.1. The molecule has 1 aliphatic heterocycles. The average Bonchev–Trinajstić information content (AvgIpc) is 3.27. The highest BCUT2D eigenvalue weighted by atomic mass is 16.5. The van der Waals surface area contributed by atoms with Crippen molar-refractivity contribution in [2.75, 3.05) is 60.0 Å². The van der Waals surface area contributed by atoms with Gasteiger partial charge >= 0.3 is 0 Å². The van der Waals surface area contributed by atoms with Crippen LogP contribution in [0.3, 0.4) is 0 Å². The van der Waals surface area contributed by atoms with Gasteiger partial charge in [0.15, 0.2) is 11.5 Å². The molecule has 1 fully saturated rings. The Labute approximate surface area is 172 Å². The van der Waals surface area contributed by atoms with Crippen molar-refractivity contribution in [3.63, 3.8) is 0 Å². The highest BCUT2D eigenvalue weighted by Gasteiger charge is 2.18. The summed E-state index contributed by atoms with van der Waals surface area (Å²) in [4.78, 5) is 21.0. The quantitative estimate of drug-likeness (QED) is 0.637. The van der Waals surface area contributed by atoms with Crippen molar-refractivity contribution in [1.82, 2.24) is 24.7 Å². The molecule has 0 atom stereocenters. The third-order valence-electron chi connectivity index (χ3n) is 5.25. The molecule has 1 aliphatic rings. The molecule has 1 aromatic heterocycles. The van der Waals surface area contributed by atoms with Crippen LogP contribution in [0.15, 0.2) is 36.9 Å². The van der Waals surface area contributed by atoms with E-state index in [2.05, 4.69) is 24.7 Å². The Morgan fingerprint density at radius 3 is 2.52 bits per heavy atom. The van der Waals surface area contributed by atoms with Crippen LogP contribution in [0.25, 0.3) is 0 Å². The SMILES string of the molecule is COc1ccc(CCNC(=O)CN2CCN(CCn3ccnc3)CC2)cc1OC. The largest absolute Gasteiger partial charge is 0.493 e. The number of methoxy groups -OCH3 is 2. The Hall–Kier alpha value is -2.58. The van der Waals surface area contributed by atoms with E-state index in [1.165, 1.54) is 0 Å². The third-order valence-corrected chi connectivity index (χ3v) is 5.25. The number of carbonyl (C=O) groups is 1. The lowest BCUT2D eigenvalue weighted by Crippen LogP contribution is -2.50. The lowest BCUT2D eigenvalue weighted by atomic mass is 10.1. The van der Waals surface area contributed by atoms with E-state index in [1.807, 2.05) is 36.9 Å². The predicted molar refractivity (Wildman–Crippen MR) is 111 cm³/mol. The summed E-state index contributed by atoms with van der Waals surface area (Å²) in [5, 5.41) is 3.02. The van der Waals surface area contributed by atoms with Gasteiger partial charge in [0.05, 0.1) is 27.1 Å². The van der Waals surface area contributed by atoms with Crippen LogP contribution in [0.2, 0.25) is 0 Å². The molecule has 1 aromatic carbocycles. The smallest absolute Gasteiger partial charge is 0.234 e. The van der Waals surface area contributed by atoms with Crippen LogP contribution in [0.1, 0.15) is 5.56 Å². The van der Waals surface area contributed by atoms with Gasteiger partial charge in [0, 0.05) is 58.2 Å². The number of aromatic nitrogens is 2. The Morgan fingerprint density at radius 2 is 1.83 bits per heavy atom. The fourth-order valence-electron chi connectivity index (χ4n) is 3.49. The minimum absolute atomic E-state index is 0.0809. The van der Waals surface area contributed by atoms with Gasteiger partial charge < -0.3 is 19.4 Å². The van der Waals surface area contributed by atoms with Crippen molar-refractivity contribution in [1.29, 1.82) is 0 Å². The van der Waals surface area contributed by atoms with E-state index in [-0.39, 0.29) is 5.91 Å². The Bertz CT molecular complexity index is 758. The van der Waals surface area contributed by atoms with Crippen molar-refractivity contribution < 1.29 is 14.3 Å². The molecular formula is C21H31N5O3. The third kappa shape index (κ3) is 6.47. The minimum Gasteiger partial charge on any atom is -0.493 e. The highest BCUT2D eigenvalue weighted by Crippen LogP contribution is 2.27. The van der Waals surface area contributed by atoms with Gasteiger partial charge in [-0.25, -0.2) is 4.98 Å². The van der Waals surface area contributed by atoms with Crippen LogP contribution in [0.5, 0.6) is 11.5 Å². The van der Waals surface area contributed by atoms with Gasteiger partial charge in [-0.1, -0.05) is 6.07 Å². The summed E-state index contributed by atoms with van der Waals surface area (Å²) >= 11 is 0. The summed E-state index contributed by atoms with van der Waals surface area (Å²) in [5.41, 5.74) is 1.11. The number of carbonyl (C=O) groups excluding carboxylic acids is 1.